The van der Waals surface area contributed by atoms with Crippen molar-refractivity contribution >= 4 is 39.4 Å². The first kappa shape index (κ1) is 22.2. The van der Waals surface area contributed by atoms with Crippen LogP contribution in [-0.2, 0) is 22.6 Å². The van der Waals surface area contributed by atoms with Gasteiger partial charge in [0.1, 0.15) is 5.75 Å². The minimum Gasteiger partial charge on any atom is -0.427 e. The second kappa shape index (κ2) is 10.5. The van der Waals surface area contributed by atoms with E-state index in [1.54, 1.807) is 36.4 Å². The number of hydrogen-bond donors (Lipinski definition) is 2. The molecule has 158 valence electrons. The molecule has 0 radical (unpaired) electrons. The molecule has 0 heterocycles. The normalized spacial score (nSPS) is 10.3. The molecule has 3 aromatic rings. The van der Waals surface area contributed by atoms with Gasteiger partial charge in [-0.25, -0.2) is 0 Å². The molecule has 0 unspecified atom stereocenters. The van der Waals surface area contributed by atoms with Gasteiger partial charge in [0.05, 0.1) is 6.42 Å². The molecule has 0 aliphatic rings. The number of benzene rings is 3. The van der Waals surface area contributed by atoms with Gasteiger partial charge in [-0.15, -0.1) is 0 Å². The van der Waals surface area contributed by atoms with Crippen molar-refractivity contribution in [1.29, 1.82) is 0 Å². The van der Waals surface area contributed by atoms with Crippen LogP contribution in [0.15, 0.2) is 77.3 Å². The molecular weight excluding hydrogens is 460 g/mol. The van der Waals surface area contributed by atoms with Gasteiger partial charge in [-0.2, -0.15) is 0 Å². The van der Waals surface area contributed by atoms with E-state index in [-0.39, 0.29) is 18.2 Å². The standard InChI is InChI=1S/C24H21BrN2O4/c1-16(28)31-22-10-4-7-19(14-22)24(30)27-21-9-3-6-18(12-21)15-26-23(29)13-17-5-2-8-20(25)11-17/h2-12,14H,13,15H2,1H3,(H,26,29)(H,27,30). The molecule has 7 heteroatoms. The third kappa shape index (κ3) is 7.08. The van der Waals surface area contributed by atoms with Gasteiger partial charge in [-0.3, -0.25) is 14.4 Å². The fraction of sp³-hybridized carbons (Fsp3) is 0.125. The highest BCUT2D eigenvalue weighted by atomic mass is 79.9. The zero-order valence-electron chi connectivity index (χ0n) is 16.9. The molecular formula is C24H21BrN2O4. The van der Waals surface area contributed by atoms with E-state index in [1.807, 2.05) is 30.3 Å². The maximum atomic E-state index is 12.5. The third-order valence-corrected chi connectivity index (χ3v) is 4.78. The maximum absolute atomic E-state index is 12.5. The summed E-state index contributed by atoms with van der Waals surface area (Å²) in [6.07, 6.45) is 0.286. The highest BCUT2D eigenvalue weighted by molar-refractivity contribution is 9.10. The van der Waals surface area contributed by atoms with Crippen molar-refractivity contribution in [2.45, 2.75) is 19.9 Å². The van der Waals surface area contributed by atoms with Gasteiger partial charge in [0.15, 0.2) is 0 Å². The first-order chi connectivity index (χ1) is 14.9. The summed E-state index contributed by atoms with van der Waals surface area (Å²) in [6.45, 7) is 1.65. The molecule has 0 bridgehead atoms. The predicted molar refractivity (Wildman–Crippen MR) is 122 cm³/mol. The lowest BCUT2D eigenvalue weighted by Crippen LogP contribution is -2.24. The number of rotatable bonds is 7. The Morgan fingerprint density at radius 1 is 0.903 bits per heavy atom. The summed E-state index contributed by atoms with van der Waals surface area (Å²) < 4.78 is 5.95. The van der Waals surface area contributed by atoms with Gasteiger partial charge in [0, 0.05) is 29.2 Å². The van der Waals surface area contributed by atoms with Crippen molar-refractivity contribution in [1.82, 2.24) is 5.32 Å². The zero-order valence-corrected chi connectivity index (χ0v) is 18.4. The molecule has 0 fully saturated rings. The molecule has 0 aliphatic heterocycles. The van der Waals surface area contributed by atoms with E-state index in [4.69, 9.17) is 4.74 Å². The molecule has 2 N–H and O–H groups in total. The van der Waals surface area contributed by atoms with E-state index in [2.05, 4.69) is 26.6 Å². The van der Waals surface area contributed by atoms with Crippen LogP contribution in [0.3, 0.4) is 0 Å². The molecule has 2 amide bonds. The zero-order chi connectivity index (χ0) is 22.2. The van der Waals surface area contributed by atoms with E-state index in [9.17, 15) is 14.4 Å². The lowest BCUT2D eigenvalue weighted by Gasteiger charge is -2.10. The molecule has 0 saturated carbocycles. The summed E-state index contributed by atoms with van der Waals surface area (Å²) in [7, 11) is 0. The molecule has 31 heavy (non-hydrogen) atoms. The minimum atomic E-state index is -0.452. The molecule has 0 atom stereocenters. The van der Waals surface area contributed by atoms with Crippen LogP contribution < -0.4 is 15.4 Å². The van der Waals surface area contributed by atoms with Gasteiger partial charge in [-0.05, 0) is 53.6 Å². The second-order valence-electron chi connectivity index (χ2n) is 6.86. The minimum absolute atomic E-state index is 0.0881. The molecule has 0 aromatic heterocycles. The van der Waals surface area contributed by atoms with Gasteiger partial charge in [-0.1, -0.05) is 46.3 Å². The SMILES string of the molecule is CC(=O)Oc1cccc(C(=O)Nc2cccc(CNC(=O)Cc3cccc(Br)c3)c2)c1. The Hall–Kier alpha value is -3.45. The van der Waals surface area contributed by atoms with Gasteiger partial charge in [0.25, 0.3) is 5.91 Å². The summed E-state index contributed by atoms with van der Waals surface area (Å²) in [5, 5.41) is 5.70. The van der Waals surface area contributed by atoms with E-state index >= 15 is 0 Å². The van der Waals surface area contributed by atoms with E-state index < -0.39 is 5.97 Å². The average molecular weight is 481 g/mol. The van der Waals surface area contributed by atoms with Crippen molar-refractivity contribution in [3.05, 3.63) is 94.0 Å². The van der Waals surface area contributed by atoms with E-state index in [0.717, 1.165) is 15.6 Å². The summed E-state index contributed by atoms with van der Waals surface area (Å²) in [6, 6.07) is 21.2. The number of carbonyl (C=O) groups excluding carboxylic acids is 3. The van der Waals surface area contributed by atoms with Crippen molar-refractivity contribution in [3.63, 3.8) is 0 Å². The first-order valence-electron chi connectivity index (χ1n) is 9.59. The number of amides is 2. The Labute approximate surface area is 188 Å². The maximum Gasteiger partial charge on any atom is 0.308 e. The lowest BCUT2D eigenvalue weighted by atomic mass is 10.1. The number of nitrogens with one attached hydrogen (secondary N) is 2. The summed E-state index contributed by atoms with van der Waals surface area (Å²) in [5.41, 5.74) is 2.74. The van der Waals surface area contributed by atoms with Crippen LogP contribution in [0.1, 0.15) is 28.4 Å². The van der Waals surface area contributed by atoms with E-state index in [0.29, 0.717) is 23.5 Å². The van der Waals surface area contributed by atoms with Crippen molar-refractivity contribution in [3.8, 4) is 5.75 Å². The number of anilines is 1. The highest BCUT2D eigenvalue weighted by Crippen LogP contribution is 2.17. The topological polar surface area (TPSA) is 84.5 Å². The van der Waals surface area contributed by atoms with Crippen LogP contribution in [-0.4, -0.2) is 17.8 Å². The number of esters is 1. The van der Waals surface area contributed by atoms with Crippen molar-refractivity contribution in [2.24, 2.45) is 0 Å². The summed E-state index contributed by atoms with van der Waals surface area (Å²) in [5.74, 6) is -0.561. The first-order valence-corrected chi connectivity index (χ1v) is 10.4. The fourth-order valence-corrected chi connectivity index (χ4v) is 3.37. The third-order valence-electron chi connectivity index (χ3n) is 4.29. The van der Waals surface area contributed by atoms with Gasteiger partial charge >= 0.3 is 5.97 Å². The molecule has 3 rings (SSSR count). The monoisotopic (exact) mass is 480 g/mol. The van der Waals surface area contributed by atoms with Gasteiger partial charge in [0.2, 0.25) is 5.91 Å². The largest absolute Gasteiger partial charge is 0.427 e. The average Bonchev–Trinajstić information content (AvgIpc) is 2.72. The molecule has 0 spiro atoms. The Bertz CT molecular complexity index is 1110. The quantitative estimate of drug-likeness (QED) is 0.385. The number of hydrogen-bond acceptors (Lipinski definition) is 4. The summed E-state index contributed by atoms with van der Waals surface area (Å²) in [4.78, 5) is 35.9. The van der Waals surface area contributed by atoms with E-state index in [1.165, 1.54) is 13.0 Å². The van der Waals surface area contributed by atoms with Crippen LogP contribution in [0, 0.1) is 0 Å². The Morgan fingerprint density at radius 3 is 2.42 bits per heavy atom. The summed E-state index contributed by atoms with van der Waals surface area (Å²) >= 11 is 3.40. The van der Waals surface area contributed by atoms with Crippen LogP contribution in [0.2, 0.25) is 0 Å². The predicted octanol–water partition coefficient (Wildman–Crippen LogP) is 4.49. The Balaban J connectivity index is 1.58. The molecule has 3 aromatic carbocycles. The molecule has 6 nitrogen and oxygen atoms in total. The number of carbonyl (C=O) groups is 3. The Morgan fingerprint density at radius 2 is 1.65 bits per heavy atom. The Kier molecular flexibility index (Phi) is 7.56. The number of ether oxygens (including phenoxy) is 1. The van der Waals surface area contributed by atoms with Crippen LogP contribution in [0.4, 0.5) is 5.69 Å². The highest BCUT2D eigenvalue weighted by Gasteiger charge is 2.09. The van der Waals surface area contributed by atoms with Crippen molar-refractivity contribution in [2.75, 3.05) is 5.32 Å². The van der Waals surface area contributed by atoms with Crippen LogP contribution >= 0.6 is 15.9 Å². The molecule has 0 aliphatic carbocycles. The van der Waals surface area contributed by atoms with Crippen molar-refractivity contribution < 1.29 is 19.1 Å². The van der Waals surface area contributed by atoms with Crippen LogP contribution in [0.25, 0.3) is 0 Å². The number of halogens is 1. The smallest absolute Gasteiger partial charge is 0.308 e. The second-order valence-corrected chi connectivity index (χ2v) is 7.78. The fourth-order valence-electron chi connectivity index (χ4n) is 2.92. The molecule has 0 saturated heterocycles. The lowest BCUT2D eigenvalue weighted by molar-refractivity contribution is -0.131. The van der Waals surface area contributed by atoms with Crippen LogP contribution in [0.5, 0.6) is 5.75 Å². The van der Waals surface area contributed by atoms with Gasteiger partial charge < -0.3 is 15.4 Å².